The van der Waals surface area contributed by atoms with E-state index in [0.29, 0.717) is 11.3 Å². The molecule has 2 aromatic carbocycles. The summed E-state index contributed by atoms with van der Waals surface area (Å²) in [5.74, 6) is -3.14. The van der Waals surface area contributed by atoms with Gasteiger partial charge in [0.05, 0.1) is 7.11 Å². The topological polar surface area (TPSA) is 150 Å². The van der Waals surface area contributed by atoms with Gasteiger partial charge in [0.2, 0.25) is 5.75 Å². The molecule has 212 valence electrons. The van der Waals surface area contributed by atoms with Crippen LogP contribution >= 0.6 is 0 Å². The first-order chi connectivity index (χ1) is 19.0. The molecule has 1 atom stereocenters. The number of nitrogens with zero attached hydrogens (tertiary/aromatic N) is 1. The number of ether oxygens (including phenoxy) is 4. The number of hydrogen-bond acceptors (Lipinski definition) is 10. The van der Waals surface area contributed by atoms with E-state index in [1.807, 2.05) is 6.07 Å². The number of hydrogen-bond donors (Lipinski definition) is 2. The number of amides is 1. The van der Waals surface area contributed by atoms with Gasteiger partial charge in [-0.25, -0.2) is 9.37 Å². The fourth-order valence-corrected chi connectivity index (χ4v) is 3.22. The first kappa shape index (κ1) is 31.2. The minimum absolute atomic E-state index is 0.0285. The Morgan fingerprint density at radius 1 is 0.975 bits per heavy atom. The van der Waals surface area contributed by atoms with E-state index in [1.54, 1.807) is 31.2 Å². The fraction of sp³-hybridized carbons (Fsp3) is 0.250. The number of halogens is 1. The summed E-state index contributed by atoms with van der Waals surface area (Å²) >= 11 is 0. The minimum atomic E-state index is -0.787. The quantitative estimate of drug-likeness (QED) is 0.297. The molecule has 0 aliphatic heterocycles. The lowest BCUT2D eigenvalue weighted by atomic mass is 10.1. The van der Waals surface area contributed by atoms with E-state index in [0.717, 1.165) is 13.0 Å². The lowest BCUT2D eigenvalue weighted by molar-refractivity contribution is -0.147. The Bertz CT molecular complexity index is 1330. The van der Waals surface area contributed by atoms with Gasteiger partial charge < -0.3 is 29.4 Å². The Hall–Kier alpha value is -5.00. The van der Waals surface area contributed by atoms with Gasteiger partial charge in [-0.05, 0) is 30.7 Å². The molecule has 1 unspecified atom stereocenters. The monoisotopic (exact) mass is 556 g/mol. The van der Waals surface area contributed by atoms with Crippen molar-refractivity contribution in [3.63, 3.8) is 0 Å². The molecular weight excluding hydrogens is 527 g/mol. The van der Waals surface area contributed by atoms with E-state index in [4.69, 9.17) is 24.1 Å². The third kappa shape index (κ3) is 10.4. The molecule has 11 nitrogen and oxygen atoms in total. The molecule has 0 saturated heterocycles. The highest BCUT2D eigenvalue weighted by Gasteiger charge is 2.22. The second kappa shape index (κ2) is 15.4. The van der Waals surface area contributed by atoms with Gasteiger partial charge in [-0.1, -0.05) is 24.3 Å². The van der Waals surface area contributed by atoms with Crippen molar-refractivity contribution >= 4 is 23.8 Å². The van der Waals surface area contributed by atoms with Crippen molar-refractivity contribution in [2.45, 2.75) is 33.3 Å². The zero-order valence-electron chi connectivity index (χ0n) is 22.3. The number of phenols is 1. The van der Waals surface area contributed by atoms with Crippen LogP contribution in [-0.4, -0.2) is 53.7 Å². The summed E-state index contributed by atoms with van der Waals surface area (Å²) in [4.78, 5) is 51.1. The molecule has 0 aliphatic carbocycles. The first-order valence-electron chi connectivity index (χ1n) is 11.9. The molecule has 1 aromatic heterocycles. The van der Waals surface area contributed by atoms with Crippen molar-refractivity contribution in [3.05, 3.63) is 77.9 Å². The van der Waals surface area contributed by atoms with E-state index < -0.39 is 42.3 Å². The van der Waals surface area contributed by atoms with Crippen LogP contribution in [0.1, 0.15) is 36.8 Å². The Morgan fingerprint density at radius 2 is 1.65 bits per heavy atom. The largest absolute Gasteiger partial charge is 0.508 e. The van der Waals surface area contributed by atoms with Gasteiger partial charge in [0, 0.05) is 38.6 Å². The van der Waals surface area contributed by atoms with Crippen LogP contribution in [0.15, 0.2) is 60.8 Å². The third-order valence-corrected chi connectivity index (χ3v) is 4.82. The van der Waals surface area contributed by atoms with E-state index in [9.17, 15) is 23.6 Å². The number of phenolic OH excluding ortho intramolecular Hbond substituents is 1. The van der Waals surface area contributed by atoms with Gasteiger partial charge in [0.15, 0.2) is 11.4 Å². The van der Waals surface area contributed by atoms with Crippen molar-refractivity contribution in [3.8, 4) is 23.0 Å². The van der Waals surface area contributed by atoms with Crippen LogP contribution in [0.2, 0.25) is 0 Å². The fourth-order valence-electron chi connectivity index (χ4n) is 3.22. The zero-order chi connectivity index (χ0) is 29.7. The van der Waals surface area contributed by atoms with Gasteiger partial charge in [-0.2, -0.15) is 0 Å². The number of pyridine rings is 1. The van der Waals surface area contributed by atoms with Gasteiger partial charge in [0.25, 0.3) is 5.91 Å². The lowest BCUT2D eigenvalue weighted by Crippen LogP contribution is -2.33. The van der Waals surface area contributed by atoms with Crippen LogP contribution in [0.3, 0.4) is 0 Å². The lowest BCUT2D eigenvalue weighted by Gasteiger charge is -2.16. The number of carbonyl (C=O) groups excluding carboxylic acids is 4. The molecule has 0 saturated carbocycles. The van der Waals surface area contributed by atoms with Crippen LogP contribution in [0.4, 0.5) is 4.39 Å². The van der Waals surface area contributed by atoms with Crippen LogP contribution < -0.4 is 19.5 Å². The summed E-state index contributed by atoms with van der Waals surface area (Å²) in [6.45, 7) is 3.43. The van der Waals surface area contributed by atoms with Gasteiger partial charge >= 0.3 is 17.9 Å². The van der Waals surface area contributed by atoms with Gasteiger partial charge in [-0.15, -0.1) is 0 Å². The van der Waals surface area contributed by atoms with Crippen molar-refractivity contribution in [2.24, 2.45) is 0 Å². The molecular formula is C28H29FN2O9. The zero-order valence-corrected chi connectivity index (χ0v) is 22.3. The van der Waals surface area contributed by atoms with E-state index in [1.165, 1.54) is 38.4 Å². The highest BCUT2D eigenvalue weighted by molar-refractivity contribution is 5.98. The van der Waals surface area contributed by atoms with Crippen molar-refractivity contribution in [1.29, 1.82) is 0 Å². The van der Waals surface area contributed by atoms with E-state index >= 15 is 0 Å². The van der Waals surface area contributed by atoms with E-state index in [-0.39, 0.29) is 29.4 Å². The molecule has 0 fully saturated rings. The SMILES string of the molecule is COc1ccnc(C(=O)NCC(=O)OC(C)Cc2ccc(F)cc2OC(C)=O)c1OC(C)=O.Oc1ccccc1. The highest BCUT2D eigenvalue weighted by Crippen LogP contribution is 2.29. The smallest absolute Gasteiger partial charge is 0.325 e. The molecule has 1 amide bonds. The number of para-hydroxylation sites is 1. The molecule has 3 rings (SSSR count). The van der Waals surface area contributed by atoms with E-state index in [2.05, 4.69) is 10.3 Å². The summed E-state index contributed by atoms with van der Waals surface area (Å²) in [6.07, 6.45) is 0.738. The molecule has 0 spiro atoms. The molecule has 2 N–H and O–H groups in total. The van der Waals surface area contributed by atoms with Gasteiger partial charge in [-0.3, -0.25) is 19.2 Å². The molecule has 0 aliphatic rings. The Labute approximate surface area is 229 Å². The Morgan fingerprint density at radius 3 is 2.23 bits per heavy atom. The highest BCUT2D eigenvalue weighted by atomic mass is 19.1. The maximum Gasteiger partial charge on any atom is 0.325 e. The molecule has 40 heavy (non-hydrogen) atoms. The first-order valence-corrected chi connectivity index (χ1v) is 11.9. The number of nitrogens with one attached hydrogen (secondary N) is 1. The van der Waals surface area contributed by atoms with Crippen LogP contribution in [0.5, 0.6) is 23.0 Å². The maximum absolute atomic E-state index is 13.4. The Kier molecular flexibility index (Phi) is 12.0. The standard InChI is InChI=1S/C22H23FN2O8.C6H6O/c1-12(9-15-5-6-16(23)10-18(15)32-13(2)26)31-19(28)11-25-22(29)20-21(33-14(3)27)17(30-4)7-8-24-20;7-6-4-2-1-3-5-6/h5-8,10,12H,9,11H2,1-4H3,(H,25,29);1-5,7H. The second-order valence-electron chi connectivity index (χ2n) is 8.15. The molecule has 12 heteroatoms. The molecule has 1 heterocycles. The summed E-state index contributed by atoms with van der Waals surface area (Å²) in [5, 5.41) is 11.0. The van der Waals surface area contributed by atoms with Crippen LogP contribution in [0.25, 0.3) is 0 Å². The molecule has 3 aromatic rings. The number of aromatic nitrogens is 1. The summed E-state index contributed by atoms with van der Waals surface area (Å²) in [5.41, 5.74) is 0.213. The van der Waals surface area contributed by atoms with Gasteiger partial charge in [0.1, 0.15) is 30.0 Å². The number of methoxy groups -OCH3 is 1. The average Bonchev–Trinajstić information content (AvgIpc) is 2.89. The number of esters is 3. The van der Waals surface area contributed by atoms with Crippen LogP contribution in [-0.2, 0) is 25.5 Å². The minimum Gasteiger partial charge on any atom is -0.508 e. The number of aromatic hydroxyl groups is 1. The molecule has 0 radical (unpaired) electrons. The predicted octanol–water partition coefficient (Wildman–Crippen LogP) is 3.38. The normalized spacial score (nSPS) is 10.7. The van der Waals surface area contributed by atoms with Crippen molar-refractivity contribution < 1.29 is 47.6 Å². The number of rotatable bonds is 9. The Balaban J connectivity index is 0.000000693. The van der Waals surface area contributed by atoms with Crippen LogP contribution in [0, 0.1) is 5.82 Å². The maximum atomic E-state index is 13.4. The number of benzene rings is 2. The predicted molar refractivity (Wildman–Crippen MR) is 140 cm³/mol. The second-order valence-corrected chi connectivity index (χ2v) is 8.15. The summed E-state index contributed by atoms with van der Waals surface area (Å²) in [7, 11) is 1.33. The molecule has 0 bridgehead atoms. The average molecular weight is 557 g/mol. The number of carbonyl (C=O) groups is 4. The summed E-state index contributed by atoms with van der Waals surface area (Å²) in [6, 6.07) is 13.8. The van der Waals surface area contributed by atoms with Crippen molar-refractivity contribution in [2.75, 3.05) is 13.7 Å². The van der Waals surface area contributed by atoms with Crippen molar-refractivity contribution in [1.82, 2.24) is 10.3 Å². The third-order valence-electron chi connectivity index (χ3n) is 4.82. The summed E-state index contributed by atoms with van der Waals surface area (Å²) < 4.78 is 33.8.